The molecule has 40 heavy (non-hydrogen) atoms. The number of nitrogens with one attached hydrogen (secondary N) is 1. The zero-order valence-electron chi connectivity index (χ0n) is 22.7. The fourth-order valence-corrected chi connectivity index (χ4v) is 8.35. The fraction of sp³-hybridized carbons (Fsp3) is 0.581. The Morgan fingerprint density at radius 1 is 1.10 bits per heavy atom. The molecule has 7 nitrogen and oxygen atoms in total. The molecular weight excluding hydrogens is 551 g/mol. The van der Waals surface area contributed by atoms with Gasteiger partial charge in [0.2, 0.25) is 0 Å². The summed E-state index contributed by atoms with van der Waals surface area (Å²) in [6.07, 6.45) is 7.74. The van der Waals surface area contributed by atoms with Crippen molar-refractivity contribution in [3.63, 3.8) is 0 Å². The summed E-state index contributed by atoms with van der Waals surface area (Å²) in [4.78, 5) is 14.2. The molecule has 3 fully saturated rings. The Bertz CT molecular complexity index is 1230. The second-order valence-electron chi connectivity index (χ2n) is 12.1. The molecule has 2 saturated carbocycles. The van der Waals surface area contributed by atoms with Crippen molar-refractivity contribution in [2.45, 2.75) is 80.6 Å². The molecule has 2 aromatic carbocycles. The van der Waals surface area contributed by atoms with Crippen LogP contribution in [0.2, 0.25) is 0 Å². The largest absolute Gasteiger partial charge is 0.504 e. The molecule has 2 aromatic rings. The number of hydrogen-bond donors (Lipinski definition) is 3. The van der Waals surface area contributed by atoms with E-state index in [1.165, 1.54) is 24.0 Å². The second-order valence-corrected chi connectivity index (χ2v) is 12.1. The van der Waals surface area contributed by atoms with Crippen LogP contribution in [-0.4, -0.2) is 71.1 Å². The Balaban J connectivity index is 0.00000161. The molecule has 2 heterocycles. The minimum absolute atomic E-state index is 0. The number of piperidine rings is 1. The van der Waals surface area contributed by atoms with Gasteiger partial charge in [-0.2, -0.15) is 0 Å². The Hall–Kier alpha value is -2.03. The topological polar surface area (TPSA) is 91.3 Å². The maximum atomic E-state index is 11.5. The van der Waals surface area contributed by atoms with Crippen molar-refractivity contribution in [1.29, 1.82) is 0 Å². The third kappa shape index (κ3) is 4.58. The van der Waals surface area contributed by atoms with Crippen molar-refractivity contribution >= 4 is 30.8 Å². The van der Waals surface area contributed by atoms with Crippen LogP contribution in [-0.2, 0) is 27.8 Å². The molecule has 2 aliphatic heterocycles. The maximum Gasteiger partial charge on any atom is 0.317 e. The molecule has 3 N–H and O–H groups in total. The Morgan fingerprint density at radius 3 is 2.65 bits per heavy atom. The summed E-state index contributed by atoms with van der Waals surface area (Å²) in [5, 5.41) is 23.6. The van der Waals surface area contributed by atoms with E-state index in [2.05, 4.69) is 46.6 Å². The van der Waals surface area contributed by atoms with Crippen molar-refractivity contribution in [3.8, 4) is 11.5 Å². The quantitative estimate of drug-likeness (QED) is 0.351. The molecule has 0 amide bonds. The summed E-state index contributed by atoms with van der Waals surface area (Å²) >= 11 is 0. The van der Waals surface area contributed by atoms with Crippen LogP contribution < -0.4 is 10.1 Å². The highest BCUT2D eigenvalue weighted by Crippen LogP contribution is 2.66. The van der Waals surface area contributed by atoms with Gasteiger partial charge in [0.25, 0.3) is 0 Å². The summed E-state index contributed by atoms with van der Waals surface area (Å²) in [6, 6.07) is 14.6. The van der Waals surface area contributed by atoms with Crippen LogP contribution in [0.4, 0.5) is 0 Å². The van der Waals surface area contributed by atoms with E-state index in [0.717, 1.165) is 63.1 Å². The van der Waals surface area contributed by atoms with Crippen molar-refractivity contribution in [2.24, 2.45) is 5.92 Å². The van der Waals surface area contributed by atoms with Gasteiger partial charge in [0.1, 0.15) is 6.10 Å². The van der Waals surface area contributed by atoms with Crippen molar-refractivity contribution in [3.05, 3.63) is 59.2 Å². The molecule has 9 heteroatoms. The molecule has 0 unspecified atom stereocenters. The number of carbonyl (C=O) groups is 1. The Kier molecular flexibility index (Phi) is 8.35. The lowest BCUT2D eigenvalue weighted by molar-refractivity contribution is -0.220. The second kappa shape index (κ2) is 11.3. The number of aliphatic carboxylic acids is 1. The molecule has 5 aliphatic rings. The van der Waals surface area contributed by atoms with Crippen molar-refractivity contribution < 1.29 is 24.5 Å². The number of phenols is 1. The van der Waals surface area contributed by atoms with Crippen LogP contribution in [0.1, 0.15) is 55.2 Å². The first-order valence-electron chi connectivity index (χ1n) is 14.4. The number of rotatable bonds is 10. The summed E-state index contributed by atoms with van der Waals surface area (Å²) in [5.74, 6) is 0.709. The molecular formula is C31H40Cl2N2O5. The van der Waals surface area contributed by atoms with E-state index in [0.29, 0.717) is 12.4 Å². The van der Waals surface area contributed by atoms with E-state index in [-0.39, 0.29) is 55.3 Å². The number of aryl methyl sites for hydroxylation is 1. The van der Waals surface area contributed by atoms with Crippen molar-refractivity contribution in [1.82, 2.24) is 10.2 Å². The predicted octanol–water partition coefficient (Wildman–Crippen LogP) is 4.50. The standard InChI is InChI=1S/C31H38N2O5.2ClH/c34-24-11-10-22-17-25-31(37-16-4-7-20-5-2-1-3-6-20)13-12-23(32-18-26(35)36)29-30(31,27(22)28(24)38-29)14-15-33(25)19-21-8-9-21;;/h1-3,5-6,10-11,21,23,25,29,32,34H,4,7-9,12-19H2,(H,35,36);2*1H/t23-,25-,29+,30+,31-;;/m1../s1. The molecule has 2 bridgehead atoms. The number of benzene rings is 2. The number of halogens is 2. The number of ether oxygens (including phenoxy) is 2. The molecule has 1 saturated heterocycles. The van der Waals surface area contributed by atoms with E-state index >= 15 is 0 Å². The normalized spacial score (nSPS) is 31.4. The average molecular weight is 592 g/mol. The summed E-state index contributed by atoms with van der Waals surface area (Å²) < 4.78 is 13.9. The van der Waals surface area contributed by atoms with Gasteiger partial charge in [-0.3, -0.25) is 9.69 Å². The highest BCUT2D eigenvalue weighted by atomic mass is 35.5. The lowest BCUT2D eigenvalue weighted by Crippen LogP contribution is -2.79. The van der Waals surface area contributed by atoms with E-state index < -0.39 is 17.0 Å². The SMILES string of the molecule is Cl.Cl.O=C(O)CN[C@@H]1CC[C@@]2(OCCCc3ccccc3)[C@H]3Cc4ccc(O)c5c4[C@@]2(CCN3CC2CC2)[C@H]1O5. The zero-order valence-corrected chi connectivity index (χ0v) is 24.4. The molecule has 0 radical (unpaired) electrons. The number of carboxylic acid groups (broad SMARTS) is 1. The summed E-state index contributed by atoms with van der Waals surface area (Å²) in [7, 11) is 0. The minimum Gasteiger partial charge on any atom is -0.504 e. The number of aromatic hydroxyl groups is 1. The van der Waals surface area contributed by atoms with Crippen LogP contribution in [0.15, 0.2) is 42.5 Å². The molecule has 3 aliphatic carbocycles. The van der Waals surface area contributed by atoms with Gasteiger partial charge in [-0.05, 0) is 81.0 Å². The van der Waals surface area contributed by atoms with Gasteiger partial charge >= 0.3 is 5.97 Å². The molecule has 0 aromatic heterocycles. The smallest absolute Gasteiger partial charge is 0.317 e. The molecule has 5 atom stereocenters. The van der Waals surface area contributed by atoms with E-state index in [9.17, 15) is 15.0 Å². The van der Waals surface area contributed by atoms with Gasteiger partial charge in [0.05, 0.1) is 17.6 Å². The maximum absolute atomic E-state index is 11.5. The first-order chi connectivity index (χ1) is 18.5. The van der Waals surface area contributed by atoms with Crippen LogP contribution >= 0.6 is 24.8 Å². The van der Waals surface area contributed by atoms with Gasteiger partial charge in [-0.1, -0.05) is 36.4 Å². The van der Waals surface area contributed by atoms with Crippen LogP contribution in [0, 0.1) is 5.92 Å². The number of nitrogens with zero attached hydrogens (tertiary/aromatic N) is 1. The number of hydrogen-bond acceptors (Lipinski definition) is 6. The summed E-state index contributed by atoms with van der Waals surface area (Å²) in [6.45, 7) is 2.69. The molecule has 218 valence electrons. The van der Waals surface area contributed by atoms with Crippen LogP contribution in [0.5, 0.6) is 11.5 Å². The average Bonchev–Trinajstić information content (AvgIpc) is 3.66. The lowest BCUT2D eigenvalue weighted by atomic mass is 9.48. The van der Waals surface area contributed by atoms with Gasteiger partial charge in [0, 0.05) is 30.8 Å². The summed E-state index contributed by atoms with van der Waals surface area (Å²) in [5.41, 5.74) is 2.89. The monoisotopic (exact) mass is 590 g/mol. The third-order valence-electron chi connectivity index (χ3n) is 10.1. The fourth-order valence-electron chi connectivity index (χ4n) is 8.35. The van der Waals surface area contributed by atoms with Gasteiger partial charge in [0.15, 0.2) is 11.5 Å². The molecule has 1 spiro atoms. The van der Waals surface area contributed by atoms with E-state index in [1.807, 2.05) is 0 Å². The van der Waals surface area contributed by atoms with Crippen LogP contribution in [0.25, 0.3) is 0 Å². The first-order valence-corrected chi connectivity index (χ1v) is 14.4. The predicted molar refractivity (Wildman–Crippen MR) is 157 cm³/mol. The first kappa shape index (κ1) is 29.5. The van der Waals surface area contributed by atoms with Crippen molar-refractivity contribution in [2.75, 3.05) is 26.2 Å². The lowest BCUT2D eigenvalue weighted by Gasteiger charge is -2.66. The zero-order chi connectivity index (χ0) is 25.9. The van der Waals surface area contributed by atoms with Crippen LogP contribution in [0.3, 0.4) is 0 Å². The number of likely N-dealkylation sites (tertiary alicyclic amines) is 1. The number of carboxylic acids is 1. The highest BCUT2D eigenvalue weighted by molar-refractivity contribution is 5.85. The van der Waals surface area contributed by atoms with Gasteiger partial charge in [-0.25, -0.2) is 0 Å². The third-order valence-corrected chi connectivity index (χ3v) is 10.1. The highest BCUT2D eigenvalue weighted by Gasteiger charge is 2.74. The van der Waals surface area contributed by atoms with Gasteiger partial charge < -0.3 is 25.0 Å². The molecule has 7 rings (SSSR count). The minimum atomic E-state index is -0.865. The van der Waals surface area contributed by atoms with E-state index in [4.69, 9.17) is 9.47 Å². The number of phenolic OH excluding ortho intramolecular Hbond substituents is 1. The van der Waals surface area contributed by atoms with E-state index in [1.54, 1.807) is 6.07 Å². The van der Waals surface area contributed by atoms with Gasteiger partial charge in [-0.15, -0.1) is 24.8 Å². The Morgan fingerprint density at radius 2 is 1.90 bits per heavy atom. The Labute approximate surface area is 248 Å².